The average molecular weight is 412 g/mol. The standard InChI is InChI=1S/C22H24N2O6/c1-15-3-7-17(8-4-15)27-19-11-23(12-19)29-21(25)22(26)30-24-13-20(14-24)28-18-9-5-16(2)6-10-18/h3-10,19-20H,11-14H2,1-2H3. The molecule has 0 N–H and O–H groups in total. The number of nitrogens with zero attached hydrogens (tertiary/aromatic N) is 2. The van der Waals surface area contributed by atoms with Crippen LogP contribution in [-0.2, 0) is 19.3 Å². The Hall–Kier alpha value is -3.10. The van der Waals surface area contributed by atoms with E-state index < -0.39 is 11.9 Å². The van der Waals surface area contributed by atoms with Crippen LogP contribution in [0.25, 0.3) is 0 Å². The van der Waals surface area contributed by atoms with E-state index in [4.69, 9.17) is 19.1 Å². The van der Waals surface area contributed by atoms with Crippen LogP contribution in [0.3, 0.4) is 0 Å². The Morgan fingerprint density at radius 3 is 1.33 bits per heavy atom. The zero-order valence-electron chi connectivity index (χ0n) is 16.9. The molecule has 2 heterocycles. The van der Waals surface area contributed by atoms with Gasteiger partial charge in [0.2, 0.25) is 0 Å². The lowest BCUT2D eigenvalue weighted by atomic mass is 10.2. The van der Waals surface area contributed by atoms with Crippen LogP contribution in [0.2, 0.25) is 0 Å². The van der Waals surface area contributed by atoms with Gasteiger partial charge in [-0.25, -0.2) is 9.59 Å². The van der Waals surface area contributed by atoms with Gasteiger partial charge >= 0.3 is 11.9 Å². The normalized spacial score (nSPS) is 17.5. The number of benzene rings is 2. The summed E-state index contributed by atoms with van der Waals surface area (Å²) in [5, 5.41) is 2.75. The van der Waals surface area contributed by atoms with Gasteiger partial charge in [0.15, 0.2) is 0 Å². The fourth-order valence-corrected chi connectivity index (χ4v) is 3.03. The summed E-state index contributed by atoms with van der Waals surface area (Å²) in [6.45, 7) is 5.58. The van der Waals surface area contributed by atoms with Gasteiger partial charge in [0.1, 0.15) is 23.7 Å². The number of ether oxygens (including phenoxy) is 2. The van der Waals surface area contributed by atoms with E-state index >= 15 is 0 Å². The second kappa shape index (κ2) is 8.73. The van der Waals surface area contributed by atoms with Crippen LogP contribution in [0.15, 0.2) is 48.5 Å². The second-order valence-corrected chi connectivity index (χ2v) is 7.56. The predicted octanol–water partition coefficient (Wildman–Crippen LogP) is 2.05. The highest BCUT2D eigenvalue weighted by molar-refractivity contribution is 6.29. The van der Waals surface area contributed by atoms with E-state index in [2.05, 4.69) is 0 Å². The van der Waals surface area contributed by atoms with Crippen LogP contribution in [0.1, 0.15) is 11.1 Å². The Kier molecular flexibility index (Phi) is 5.87. The molecule has 158 valence electrons. The molecular formula is C22H24N2O6. The van der Waals surface area contributed by atoms with E-state index in [1.165, 1.54) is 10.1 Å². The number of carbonyl (C=O) groups excluding carboxylic acids is 2. The number of hydrogen-bond acceptors (Lipinski definition) is 8. The van der Waals surface area contributed by atoms with Crippen molar-refractivity contribution in [1.29, 1.82) is 0 Å². The maximum absolute atomic E-state index is 11.9. The third-order valence-electron chi connectivity index (χ3n) is 4.87. The van der Waals surface area contributed by atoms with Crippen LogP contribution in [0.4, 0.5) is 0 Å². The van der Waals surface area contributed by atoms with Crippen molar-refractivity contribution in [2.45, 2.75) is 26.1 Å². The second-order valence-electron chi connectivity index (χ2n) is 7.56. The Morgan fingerprint density at radius 2 is 1.00 bits per heavy atom. The van der Waals surface area contributed by atoms with Gasteiger partial charge in [0.25, 0.3) is 0 Å². The molecule has 0 radical (unpaired) electrons. The van der Waals surface area contributed by atoms with E-state index in [9.17, 15) is 9.59 Å². The van der Waals surface area contributed by atoms with Crippen molar-refractivity contribution in [2.75, 3.05) is 26.2 Å². The van der Waals surface area contributed by atoms with Crippen LogP contribution < -0.4 is 9.47 Å². The highest BCUT2D eigenvalue weighted by atomic mass is 16.8. The number of aryl methyl sites for hydroxylation is 2. The highest BCUT2D eigenvalue weighted by Gasteiger charge is 2.37. The molecule has 2 aromatic rings. The summed E-state index contributed by atoms with van der Waals surface area (Å²) in [6.07, 6.45) is -0.182. The largest absolute Gasteiger partial charge is 0.487 e. The third-order valence-corrected chi connectivity index (χ3v) is 4.87. The molecule has 8 heteroatoms. The van der Waals surface area contributed by atoms with Crippen LogP contribution in [0, 0.1) is 13.8 Å². The lowest BCUT2D eigenvalue weighted by Crippen LogP contribution is -2.56. The number of hydrogen-bond donors (Lipinski definition) is 0. The first-order chi connectivity index (χ1) is 14.4. The monoisotopic (exact) mass is 412 g/mol. The number of rotatable bonds is 6. The molecule has 2 fully saturated rings. The summed E-state index contributed by atoms with van der Waals surface area (Å²) in [5.41, 5.74) is 2.31. The summed E-state index contributed by atoms with van der Waals surface area (Å²) < 4.78 is 11.5. The molecule has 0 saturated carbocycles. The SMILES string of the molecule is Cc1ccc(OC2CN(OC(=O)C(=O)ON3CC(Oc4ccc(C)cc4)C3)C2)cc1. The Bertz CT molecular complexity index is 811. The number of hydroxylamine groups is 4. The lowest BCUT2D eigenvalue weighted by Gasteiger charge is -2.38. The van der Waals surface area contributed by atoms with Gasteiger partial charge in [-0.05, 0) is 38.1 Å². The van der Waals surface area contributed by atoms with Crippen molar-refractivity contribution < 1.29 is 28.7 Å². The molecule has 0 amide bonds. The molecule has 2 saturated heterocycles. The minimum atomic E-state index is -1.05. The zero-order chi connectivity index (χ0) is 21.1. The molecule has 0 atom stereocenters. The molecule has 8 nitrogen and oxygen atoms in total. The summed E-state index contributed by atoms with van der Waals surface area (Å²) in [6, 6.07) is 15.4. The van der Waals surface area contributed by atoms with Crippen LogP contribution in [0.5, 0.6) is 11.5 Å². The first-order valence-corrected chi connectivity index (χ1v) is 9.85. The quantitative estimate of drug-likeness (QED) is 0.668. The van der Waals surface area contributed by atoms with Gasteiger partial charge in [-0.15, -0.1) is 10.1 Å². The van der Waals surface area contributed by atoms with Gasteiger partial charge in [-0.2, -0.15) is 0 Å². The molecule has 0 aliphatic carbocycles. The smallest absolute Gasteiger partial charge is 0.438 e. The molecular weight excluding hydrogens is 388 g/mol. The molecule has 2 aromatic carbocycles. The molecule has 0 aromatic heterocycles. The fourth-order valence-electron chi connectivity index (χ4n) is 3.03. The van der Waals surface area contributed by atoms with Crippen molar-refractivity contribution in [3.63, 3.8) is 0 Å². The molecule has 0 bridgehead atoms. The first-order valence-electron chi connectivity index (χ1n) is 9.85. The summed E-state index contributed by atoms with van der Waals surface area (Å²) >= 11 is 0. The molecule has 30 heavy (non-hydrogen) atoms. The molecule has 0 spiro atoms. The van der Waals surface area contributed by atoms with Gasteiger partial charge in [0, 0.05) is 0 Å². The number of carbonyl (C=O) groups is 2. The minimum Gasteiger partial charge on any atom is -0.487 e. The van der Waals surface area contributed by atoms with E-state index in [0.29, 0.717) is 26.2 Å². The zero-order valence-corrected chi connectivity index (χ0v) is 16.9. The summed E-state index contributed by atoms with van der Waals surface area (Å²) in [7, 11) is 0. The lowest BCUT2D eigenvalue weighted by molar-refractivity contribution is -0.250. The van der Waals surface area contributed by atoms with Crippen LogP contribution >= 0.6 is 0 Å². The summed E-state index contributed by atoms with van der Waals surface area (Å²) in [4.78, 5) is 33.8. The molecule has 2 aliphatic rings. The minimum absolute atomic E-state index is 0.0911. The Labute approximate surface area is 174 Å². The van der Waals surface area contributed by atoms with Crippen molar-refractivity contribution in [1.82, 2.24) is 10.1 Å². The highest BCUT2D eigenvalue weighted by Crippen LogP contribution is 2.20. The fraction of sp³-hybridized carbons (Fsp3) is 0.364. The van der Waals surface area contributed by atoms with Gasteiger partial charge < -0.3 is 19.1 Å². The Morgan fingerprint density at radius 1 is 0.667 bits per heavy atom. The molecule has 4 rings (SSSR count). The van der Waals surface area contributed by atoms with E-state index in [1.54, 1.807) is 0 Å². The first kappa shape index (κ1) is 20.2. The maximum Gasteiger partial charge on any atom is 0.438 e. The van der Waals surface area contributed by atoms with E-state index in [0.717, 1.165) is 22.6 Å². The molecule has 0 unspecified atom stereocenters. The van der Waals surface area contributed by atoms with Crippen molar-refractivity contribution in [3.05, 3.63) is 59.7 Å². The van der Waals surface area contributed by atoms with Crippen molar-refractivity contribution in [3.8, 4) is 11.5 Å². The maximum atomic E-state index is 11.9. The van der Waals surface area contributed by atoms with Gasteiger partial charge in [-0.1, -0.05) is 35.4 Å². The average Bonchev–Trinajstić information content (AvgIpc) is 2.67. The third kappa shape index (κ3) is 5.08. The Balaban J connectivity index is 1.11. The van der Waals surface area contributed by atoms with Gasteiger partial charge in [-0.3, -0.25) is 0 Å². The van der Waals surface area contributed by atoms with Crippen molar-refractivity contribution >= 4 is 11.9 Å². The van der Waals surface area contributed by atoms with Crippen molar-refractivity contribution in [2.24, 2.45) is 0 Å². The van der Waals surface area contributed by atoms with E-state index in [-0.39, 0.29) is 12.2 Å². The molecule has 2 aliphatic heterocycles. The topological polar surface area (TPSA) is 77.5 Å². The van der Waals surface area contributed by atoms with E-state index in [1.807, 2.05) is 62.4 Å². The van der Waals surface area contributed by atoms with Crippen LogP contribution in [-0.4, -0.2) is 60.5 Å². The predicted molar refractivity (Wildman–Crippen MR) is 107 cm³/mol. The summed E-state index contributed by atoms with van der Waals surface area (Å²) in [5.74, 6) is -0.578. The van der Waals surface area contributed by atoms with Gasteiger partial charge in [0.05, 0.1) is 26.2 Å².